The fourth-order valence-corrected chi connectivity index (χ4v) is 6.91. The Labute approximate surface area is 243 Å². The minimum Gasteiger partial charge on any atom is -0.619 e. The van der Waals surface area contributed by atoms with Crippen molar-refractivity contribution < 1.29 is 27.6 Å². The molecule has 1 aliphatic carbocycles. The molecular weight excluding hydrogens is 570 g/mol. The summed E-state index contributed by atoms with van der Waals surface area (Å²) in [6, 6.07) is 11.5. The number of rotatable bonds is 8. The molecule has 41 heavy (non-hydrogen) atoms. The van der Waals surface area contributed by atoms with Crippen molar-refractivity contribution in [1.29, 1.82) is 0 Å². The molecule has 2 N–H and O–H groups in total. The lowest BCUT2D eigenvalue weighted by atomic mass is 9.76. The average molecular weight is 600 g/mol. The lowest BCUT2D eigenvalue weighted by Crippen LogP contribution is -2.59. The van der Waals surface area contributed by atoms with Gasteiger partial charge in [0.05, 0.1) is 23.9 Å². The van der Waals surface area contributed by atoms with Crippen molar-refractivity contribution in [1.82, 2.24) is 20.1 Å². The first-order valence-corrected chi connectivity index (χ1v) is 15.5. The number of benzene rings is 1. The van der Waals surface area contributed by atoms with Crippen molar-refractivity contribution >= 4 is 33.4 Å². The summed E-state index contributed by atoms with van der Waals surface area (Å²) in [5.41, 5.74) is 4.30. The van der Waals surface area contributed by atoms with Crippen molar-refractivity contribution in [3.05, 3.63) is 99.7 Å². The molecule has 1 fully saturated rings. The van der Waals surface area contributed by atoms with E-state index in [0.29, 0.717) is 40.0 Å². The number of carbonyl (C=O) groups excluding carboxylic acids is 2. The van der Waals surface area contributed by atoms with Gasteiger partial charge < -0.3 is 10.1 Å². The van der Waals surface area contributed by atoms with Crippen molar-refractivity contribution in [3.8, 4) is 0 Å². The number of nitrogens with one attached hydrogen (secondary N) is 2. The third kappa shape index (κ3) is 6.35. The molecule has 1 aliphatic heterocycles. The van der Waals surface area contributed by atoms with Crippen molar-refractivity contribution in [2.24, 2.45) is 0 Å². The second-order valence-electron chi connectivity index (χ2n) is 10.3. The highest BCUT2D eigenvalue weighted by Gasteiger charge is 2.49. The van der Waals surface area contributed by atoms with Crippen molar-refractivity contribution in [2.75, 3.05) is 6.26 Å². The Morgan fingerprint density at radius 2 is 1.90 bits per heavy atom. The molecule has 2 aliphatic rings. The van der Waals surface area contributed by atoms with E-state index in [9.17, 15) is 23.2 Å². The molecule has 5 rings (SSSR count). The summed E-state index contributed by atoms with van der Waals surface area (Å²) in [5.74, 6) is -1.88. The van der Waals surface area contributed by atoms with Gasteiger partial charge in [0.25, 0.3) is 11.8 Å². The predicted molar refractivity (Wildman–Crippen MR) is 150 cm³/mol. The second-order valence-corrected chi connectivity index (χ2v) is 12.4. The number of pyridine rings is 2. The molecule has 4 atom stereocenters. The van der Waals surface area contributed by atoms with Gasteiger partial charge in [-0.15, -0.1) is 0 Å². The van der Waals surface area contributed by atoms with E-state index in [4.69, 9.17) is 16.4 Å². The van der Waals surface area contributed by atoms with E-state index in [-0.39, 0.29) is 17.5 Å². The predicted octanol–water partition coefficient (Wildman–Crippen LogP) is 2.76. The van der Waals surface area contributed by atoms with Crippen LogP contribution in [0.2, 0.25) is 5.02 Å². The summed E-state index contributed by atoms with van der Waals surface area (Å²) < 4.78 is 27.8. The van der Waals surface area contributed by atoms with Crippen LogP contribution in [-0.4, -0.2) is 48.5 Å². The highest BCUT2D eigenvalue weighted by atomic mass is 35.5. The zero-order chi connectivity index (χ0) is 29.1. The number of hydroxylamine groups is 1. The highest BCUT2D eigenvalue weighted by Crippen LogP contribution is 2.47. The maximum absolute atomic E-state index is 14.2. The van der Waals surface area contributed by atoms with Crippen LogP contribution in [0.3, 0.4) is 0 Å². The molecule has 0 saturated heterocycles. The maximum atomic E-state index is 14.2. The Bertz CT molecular complexity index is 1540. The Morgan fingerprint density at radius 3 is 2.63 bits per heavy atom. The number of hydrogen-bond donors (Lipinski definition) is 2. The molecule has 3 aromatic rings. The van der Waals surface area contributed by atoms with Gasteiger partial charge in [-0.25, -0.2) is 18.6 Å². The Hall–Kier alpha value is -3.58. The van der Waals surface area contributed by atoms with Crippen LogP contribution in [0.5, 0.6) is 0 Å². The molecule has 0 spiro atoms. The summed E-state index contributed by atoms with van der Waals surface area (Å²) in [7, 11) is -3.60. The molecule has 0 bridgehead atoms. The van der Waals surface area contributed by atoms with E-state index in [1.165, 1.54) is 18.5 Å². The fourth-order valence-electron chi connectivity index (χ4n) is 5.82. The van der Waals surface area contributed by atoms with E-state index < -0.39 is 40.0 Å². The molecule has 13 heteroatoms. The molecule has 2 aromatic heterocycles. The highest BCUT2D eigenvalue weighted by molar-refractivity contribution is 7.88. The maximum Gasteiger partial charge on any atom is 0.255 e. The monoisotopic (exact) mass is 599 g/mol. The summed E-state index contributed by atoms with van der Waals surface area (Å²) in [4.78, 5) is 39.5. The van der Waals surface area contributed by atoms with Gasteiger partial charge in [-0.1, -0.05) is 48.7 Å². The van der Waals surface area contributed by atoms with E-state index >= 15 is 0 Å². The zero-order valence-corrected chi connectivity index (χ0v) is 23.8. The molecule has 216 valence electrons. The topological polar surface area (TPSA) is 145 Å². The average Bonchev–Trinajstić information content (AvgIpc) is 2.93. The minimum absolute atomic E-state index is 0.0134. The van der Waals surface area contributed by atoms with Crippen LogP contribution in [0.25, 0.3) is 0 Å². The van der Waals surface area contributed by atoms with E-state index in [0.717, 1.165) is 19.1 Å². The number of sulfonamides is 1. The molecule has 0 radical (unpaired) electrons. The normalized spacial score (nSPS) is 22.7. The van der Waals surface area contributed by atoms with Crippen molar-refractivity contribution in [3.63, 3.8) is 0 Å². The molecule has 0 unspecified atom stereocenters. The third-order valence-corrected chi connectivity index (χ3v) is 8.51. The Kier molecular flexibility index (Phi) is 8.55. The summed E-state index contributed by atoms with van der Waals surface area (Å²) in [5, 5.41) is 12.1. The largest absolute Gasteiger partial charge is 0.619 e. The number of halogens is 1. The third-order valence-electron chi connectivity index (χ3n) is 7.47. The molecule has 3 heterocycles. The number of carbonyl (C=O) groups is 2. The number of hydrogen-bond acceptors (Lipinski definition) is 7. The summed E-state index contributed by atoms with van der Waals surface area (Å²) >= 11 is 6.60. The van der Waals surface area contributed by atoms with Crippen LogP contribution in [0.4, 0.5) is 0 Å². The van der Waals surface area contributed by atoms with Crippen molar-refractivity contribution in [2.45, 2.75) is 56.3 Å². The number of nitrogens with zero attached hydrogens (tertiary/aromatic N) is 3. The molecule has 1 saturated carbocycles. The summed E-state index contributed by atoms with van der Waals surface area (Å²) in [6.07, 6.45) is 7.68. The SMILES string of the molecule is CS(=O)(=O)N[C@H]1CCCC[C@@H]1N1C(=O)c2ccccc2[C@@H](C(=O)NOCc2ccccn2)[C@@H]1c1cc[n+]([O-])cc1Cl. The first-order valence-electron chi connectivity index (χ1n) is 13.2. The van der Waals surface area contributed by atoms with E-state index in [1.807, 2.05) is 0 Å². The lowest BCUT2D eigenvalue weighted by molar-refractivity contribution is -0.605. The van der Waals surface area contributed by atoms with Gasteiger partial charge >= 0.3 is 0 Å². The lowest BCUT2D eigenvalue weighted by Gasteiger charge is -2.49. The fraction of sp³-hybridized carbons (Fsp3) is 0.357. The van der Waals surface area contributed by atoms with Crippen LogP contribution < -0.4 is 14.9 Å². The number of fused-ring (bicyclic) bond motifs is 1. The first-order chi connectivity index (χ1) is 19.6. The molecule has 2 amide bonds. The number of aromatic nitrogens is 2. The summed E-state index contributed by atoms with van der Waals surface area (Å²) in [6.45, 7) is 0.0134. The molecular formula is C28H30ClN5O6S. The van der Waals surface area contributed by atoms with E-state index in [1.54, 1.807) is 53.6 Å². The quantitative estimate of drug-likeness (QED) is 0.230. The Balaban J connectivity index is 1.60. The second kappa shape index (κ2) is 12.1. The first kappa shape index (κ1) is 28.9. The van der Waals surface area contributed by atoms with Gasteiger partial charge in [0.1, 0.15) is 11.6 Å². The minimum atomic E-state index is -3.60. The smallest absolute Gasteiger partial charge is 0.255 e. The van der Waals surface area contributed by atoms with Crippen LogP contribution in [0, 0.1) is 5.21 Å². The van der Waals surface area contributed by atoms with Gasteiger partial charge in [0.2, 0.25) is 10.0 Å². The zero-order valence-electron chi connectivity index (χ0n) is 22.3. The molecule has 11 nitrogen and oxygen atoms in total. The van der Waals surface area contributed by atoms with Gasteiger partial charge in [0, 0.05) is 35.5 Å². The van der Waals surface area contributed by atoms with Crippen LogP contribution in [-0.2, 0) is 26.3 Å². The number of amides is 2. The standard InChI is InChI=1S/C28H30ClN5O6S/c1-41(38,39)32-23-11-4-5-12-24(23)34-26(21-13-15-33(37)16-22(21)29)25(19-9-2-3-10-20(19)28(34)36)27(35)31-40-17-18-8-6-7-14-30-18/h2-3,6-10,13-16,23-26,32H,4-5,11-12,17H2,1H3,(H,31,35)/t23-,24-,25+,26-/m0/s1. The van der Waals surface area contributed by atoms with Crippen LogP contribution in [0.1, 0.15) is 64.8 Å². The Morgan fingerprint density at radius 1 is 1.15 bits per heavy atom. The van der Waals surface area contributed by atoms with Crippen LogP contribution >= 0.6 is 11.6 Å². The molecule has 1 aromatic carbocycles. The van der Waals surface area contributed by atoms with Gasteiger partial charge in [0.15, 0.2) is 12.4 Å². The van der Waals surface area contributed by atoms with Gasteiger partial charge in [-0.2, -0.15) is 4.73 Å². The van der Waals surface area contributed by atoms with Gasteiger partial charge in [-0.3, -0.25) is 19.4 Å². The van der Waals surface area contributed by atoms with E-state index in [2.05, 4.69) is 15.2 Å². The van der Waals surface area contributed by atoms with Crippen LogP contribution in [0.15, 0.2) is 67.1 Å². The van der Waals surface area contributed by atoms with Gasteiger partial charge in [-0.05, 0) is 36.6 Å².